The van der Waals surface area contributed by atoms with Gasteiger partial charge in [-0.3, -0.25) is 14.9 Å². The Labute approximate surface area is 152 Å². The van der Waals surface area contributed by atoms with Crippen LogP contribution < -0.4 is 5.32 Å². The normalized spacial score (nSPS) is 17.8. The van der Waals surface area contributed by atoms with Crippen LogP contribution in [-0.2, 0) is 11.0 Å². The molecule has 0 heterocycles. The first-order valence-electron chi connectivity index (χ1n) is 8.35. The van der Waals surface area contributed by atoms with Crippen molar-refractivity contribution in [1.29, 1.82) is 0 Å². The second kappa shape index (κ2) is 7.53. The molecule has 7 nitrogen and oxygen atoms in total. The lowest BCUT2D eigenvalue weighted by molar-refractivity contribution is -0.385. The Morgan fingerprint density at radius 2 is 1.85 bits per heavy atom. The summed E-state index contributed by atoms with van der Waals surface area (Å²) in [7, 11) is 0. The van der Waals surface area contributed by atoms with E-state index in [0.717, 1.165) is 19.3 Å². The zero-order valence-corrected chi connectivity index (χ0v) is 14.5. The number of rotatable bonds is 5. The second-order valence-corrected chi connectivity index (χ2v) is 6.95. The van der Waals surface area contributed by atoms with Crippen LogP contribution in [0.4, 0.5) is 18.9 Å². The number of benzene rings is 1. The summed E-state index contributed by atoms with van der Waals surface area (Å²) in [6, 6.07) is 0.220. The standard InChI is InChI=1S/C17H19F3N2O5/c1-16(7-3-2-4-8-16)13(15(24)25)21-14(23)11-6-5-10(17(18,19)20)9-12(11)22(26)27/h5-6,9,13H,2-4,7-8H2,1H3,(H,21,23)(H,24,25)/t13-/m1/s1. The number of carboxylic acids is 1. The third-order valence-corrected chi connectivity index (χ3v) is 4.98. The fraction of sp³-hybridized carbons (Fsp3) is 0.529. The molecule has 0 bridgehead atoms. The monoisotopic (exact) mass is 388 g/mol. The molecule has 148 valence electrons. The Kier molecular flexibility index (Phi) is 5.76. The number of halogens is 3. The van der Waals surface area contributed by atoms with Crippen LogP contribution in [0.1, 0.15) is 54.9 Å². The molecule has 1 aromatic carbocycles. The predicted molar refractivity (Wildman–Crippen MR) is 88.2 cm³/mol. The van der Waals surface area contributed by atoms with Crippen LogP contribution in [-0.4, -0.2) is 27.9 Å². The molecule has 0 saturated heterocycles. The van der Waals surface area contributed by atoms with Crippen molar-refractivity contribution in [2.75, 3.05) is 0 Å². The second-order valence-electron chi connectivity index (χ2n) is 6.95. The van der Waals surface area contributed by atoms with Crippen LogP contribution in [0.2, 0.25) is 0 Å². The molecule has 2 rings (SSSR count). The van der Waals surface area contributed by atoms with E-state index in [0.29, 0.717) is 25.0 Å². The van der Waals surface area contributed by atoms with Gasteiger partial charge in [-0.2, -0.15) is 13.2 Å². The van der Waals surface area contributed by atoms with E-state index in [1.54, 1.807) is 6.92 Å². The average Bonchev–Trinajstić information content (AvgIpc) is 2.58. The lowest BCUT2D eigenvalue weighted by atomic mass is 9.70. The van der Waals surface area contributed by atoms with Gasteiger partial charge in [-0.15, -0.1) is 0 Å². The van der Waals surface area contributed by atoms with E-state index in [1.807, 2.05) is 0 Å². The molecule has 0 spiro atoms. The van der Waals surface area contributed by atoms with Crippen molar-refractivity contribution in [3.05, 3.63) is 39.4 Å². The summed E-state index contributed by atoms with van der Waals surface area (Å²) < 4.78 is 38.3. The SMILES string of the molecule is CC1([C@H](NC(=O)c2ccc(C(F)(F)F)cc2[N+](=O)[O-])C(=O)O)CCCCC1. The maximum Gasteiger partial charge on any atom is 0.416 e. The van der Waals surface area contributed by atoms with Crippen molar-refractivity contribution in [3.8, 4) is 0 Å². The molecule has 27 heavy (non-hydrogen) atoms. The van der Waals surface area contributed by atoms with Gasteiger partial charge in [-0.1, -0.05) is 26.2 Å². The molecular formula is C17H19F3N2O5. The van der Waals surface area contributed by atoms with E-state index in [-0.39, 0.29) is 6.07 Å². The molecule has 1 atom stereocenters. The molecule has 1 amide bonds. The van der Waals surface area contributed by atoms with Crippen LogP contribution in [0.25, 0.3) is 0 Å². The molecule has 1 aromatic rings. The number of nitro benzene ring substituents is 1. The number of hydrogen-bond donors (Lipinski definition) is 2. The van der Waals surface area contributed by atoms with E-state index >= 15 is 0 Å². The van der Waals surface area contributed by atoms with Crippen molar-refractivity contribution in [2.24, 2.45) is 5.41 Å². The van der Waals surface area contributed by atoms with Crippen molar-refractivity contribution in [1.82, 2.24) is 5.32 Å². The summed E-state index contributed by atoms with van der Waals surface area (Å²) >= 11 is 0. The van der Waals surface area contributed by atoms with Gasteiger partial charge < -0.3 is 10.4 Å². The van der Waals surface area contributed by atoms with Gasteiger partial charge in [0, 0.05) is 6.07 Å². The highest BCUT2D eigenvalue weighted by atomic mass is 19.4. The highest BCUT2D eigenvalue weighted by Crippen LogP contribution is 2.39. The average molecular weight is 388 g/mol. The van der Waals surface area contributed by atoms with E-state index in [4.69, 9.17) is 0 Å². The van der Waals surface area contributed by atoms with Gasteiger partial charge in [-0.25, -0.2) is 4.79 Å². The van der Waals surface area contributed by atoms with Crippen LogP contribution in [0.15, 0.2) is 18.2 Å². The molecule has 0 aliphatic heterocycles. The minimum absolute atomic E-state index is 0.271. The summed E-state index contributed by atoms with van der Waals surface area (Å²) in [6.45, 7) is 1.71. The van der Waals surface area contributed by atoms with Crippen molar-refractivity contribution in [3.63, 3.8) is 0 Å². The largest absolute Gasteiger partial charge is 0.480 e. The quantitative estimate of drug-likeness (QED) is 0.589. The van der Waals surface area contributed by atoms with Crippen LogP contribution >= 0.6 is 0 Å². The maximum atomic E-state index is 12.8. The third-order valence-electron chi connectivity index (χ3n) is 4.98. The third kappa shape index (κ3) is 4.55. The zero-order valence-electron chi connectivity index (χ0n) is 14.5. The molecule has 1 aliphatic carbocycles. The Hall–Kier alpha value is -2.65. The molecule has 10 heteroatoms. The van der Waals surface area contributed by atoms with Crippen molar-refractivity contribution >= 4 is 17.6 Å². The Balaban J connectivity index is 2.35. The number of alkyl halides is 3. The fourth-order valence-corrected chi connectivity index (χ4v) is 3.44. The van der Waals surface area contributed by atoms with Crippen LogP contribution in [0.3, 0.4) is 0 Å². The number of carbonyl (C=O) groups is 2. The first-order chi connectivity index (χ1) is 12.5. The summed E-state index contributed by atoms with van der Waals surface area (Å²) in [5, 5.41) is 22.9. The summed E-state index contributed by atoms with van der Waals surface area (Å²) in [4.78, 5) is 34.2. The molecular weight excluding hydrogens is 369 g/mol. The van der Waals surface area contributed by atoms with E-state index in [9.17, 15) is 38.0 Å². The zero-order chi connectivity index (χ0) is 20.4. The lowest BCUT2D eigenvalue weighted by Crippen LogP contribution is -2.52. The van der Waals surface area contributed by atoms with Gasteiger partial charge in [0.1, 0.15) is 11.6 Å². The summed E-state index contributed by atoms with van der Waals surface area (Å²) in [6.07, 6.45) is -1.18. The van der Waals surface area contributed by atoms with E-state index in [2.05, 4.69) is 5.32 Å². The summed E-state index contributed by atoms with van der Waals surface area (Å²) in [5.74, 6) is -2.38. The minimum atomic E-state index is -4.81. The fourth-order valence-electron chi connectivity index (χ4n) is 3.44. The van der Waals surface area contributed by atoms with Gasteiger partial charge in [-0.05, 0) is 30.4 Å². The number of nitro groups is 1. The number of aliphatic carboxylic acids is 1. The highest BCUT2D eigenvalue weighted by molar-refractivity contribution is 6.00. The topological polar surface area (TPSA) is 110 Å². The molecule has 0 radical (unpaired) electrons. The first kappa shape index (κ1) is 20.7. The number of nitrogens with zero attached hydrogens (tertiary/aromatic N) is 1. The van der Waals surface area contributed by atoms with E-state index < -0.39 is 51.2 Å². The molecule has 0 unspecified atom stereocenters. The molecule has 1 fully saturated rings. The number of carbonyl (C=O) groups excluding carboxylic acids is 1. The van der Waals surface area contributed by atoms with Crippen LogP contribution in [0.5, 0.6) is 0 Å². The maximum absolute atomic E-state index is 12.8. The number of amides is 1. The predicted octanol–water partition coefficient (Wildman–Crippen LogP) is 3.77. The highest BCUT2D eigenvalue weighted by Gasteiger charge is 2.42. The van der Waals surface area contributed by atoms with E-state index in [1.165, 1.54) is 0 Å². The summed E-state index contributed by atoms with van der Waals surface area (Å²) in [5.41, 5.74) is -3.64. The lowest BCUT2D eigenvalue weighted by Gasteiger charge is -2.38. The Bertz CT molecular complexity index is 757. The Morgan fingerprint density at radius 3 is 2.33 bits per heavy atom. The van der Waals surface area contributed by atoms with Gasteiger partial charge in [0.05, 0.1) is 10.5 Å². The first-order valence-corrected chi connectivity index (χ1v) is 8.35. The van der Waals surface area contributed by atoms with Crippen molar-refractivity contribution < 1.29 is 32.8 Å². The molecule has 2 N–H and O–H groups in total. The van der Waals surface area contributed by atoms with Gasteiger partial charge in [0.2, 0.25) is 0 Å². The van der Waals surface area contributed by atoms with Crippen molar-refractivity contribution in [2.45, 2.75) is 51.2 Å². The smallest absolute Gasteiger partial charge is 0.416 e. The molecule has 1 saturated carbocycles. The molecule has 0 aromatic heterocycles. The number of nitrogens with one attached hydrogen (secondary N) is 1. The number of carboxylic acid groups (broad SMARTS) is 1. The minimum Gasteiger partial charge on any atom is -0.480 e. The van der Waals surface area contributed by atoms with Gasteiger partial charge in [0.25, 0.3) is 11.6 Å². The number of hydrogen-bond acceptors (Lipinski definition) is 4. The van der Waals surface area contributed by atoms with Crippen LogP contribution in [0, 0.1) is 15.5 Å². The van der Waals surface area contributed by atoms with Gasteiger partial charge >= 0.3 is 12.1 Å². The molecule has 1 aliphatic rings. The Morgan fingerprint density at radius 1 is 1.26 bits per heavy atom. The van der Waals surface area contributed by atoms with Gasteiger partial charge in [0.15, 0.2) is 0 Å².